The molecule has 5 rings (SSSR count). The molecular formula is C26H28N4O4. The maximum absolute atomic E-state index is 13.8. The first-order valence-electron chi connectivity index (χ1n) is 11.8. The first-order chi connectivity index (χ1) is 16.4. The number of hydrogen-bond acceptors (Lipinski definition) is 5. The molecule has 0 bridgehead atoms. The van der Waals surface area contributed by atoms with Crippen LogP contribution in [0.2, 0.25) is 0 Å². The fourth-order valence-corrected chi connectivity index (χ4v) is 5.90. The van der Waals surface area contributed by atoms with Crippen LogP contribution in [0.4, 0.5) is 5.69 Å². The first kappa shape index (κ1) is 22.3. The number of carbonyl (C=O) groups is 4. The maximum Gasteiger partial charge on any atom is 0.250 e. The van der Waals surface area contributed by atoms with Gasteiger partial charge in [0.25, 0.3) is 0 Å². The average molecular weight is 461 g/mol. The fourth-order valence-electron chi connectivity index (χ4n) is 5.90. The third kappa shape index (κ3) is 3.24. The van der Waals surface area contributed by atoms with Crippen LogP contribution < -0.4 is 16.4 Å². The standard InChI is InChI=1S/C26H28N4O4/c1-2-16-9-6-10-17-22(16)28-25(34)26(17)21-20(18(29-26)11-12-19(27)31)23(32)30(24(21)33)14-13-15-7-4-3-5-8-15/h3-10,18,20-21,29H,2,11-14H2,1H3,(H2,27,31)(H,28,34). The monoisotopic (exact) mass is 460 g/mol. The molecule has 3 heterocycles. The Morgan fingerprint density at radius 2 is 1.82 bits per heavy atom. The van der Waals surface area contributed by atoms with Gasteiger partial charge in [0.1, 0.15) is 5.54 Å². The van der Waals surface area contributed by atoms with E-state index in [-0.39, 0.29) is 37.1 Å². The van der Waals surface area contributed by atoms with Crippen LogP contribution in [0.15, 0.2) is 48.5 Å². The van der Waals surface area contributed by atoms with E-state index in [1.165, 1.54) is 4.90 Å². The summed E-state index contributed by atoms with van der Waals surface area (Å²) in [4.78, 5) is 53.7. The van der Waals surface area contributed by atoms with E-state index in [1.807, 2.05) is 55.5 Å². The number of anilines is 1. The number of amides is 4. The van der Waals surface area contributed by atoms with Gasteiger partial charge in [-0.1, -0.05) is 55.5 Å². The van der Waals surface area contributed by atoms with Crippen molar-refractivity contribution in [3.63, 3.8) is 0 Å². The van der Waals surface area contributed by atoms with Crippen molar-refractivity contribution >= 4 is 29.3 Å². The molecule has 176 valence electrons. The number of imide groups is 1. The molecule has 4 unspecified atom stereocenters. The van der Waals surface area contributed by atoms with Crippen molar-refractivity contribution in [1.29, 1.82) is 0 Å². The molecule has 3 aliphatic rings. The summed E-state index contributed by atoms with van der Waals surface area (Å²) in [7, 11) is 0. The zero-order valence-corrected chi connectivity index (χ0v) is 19.0. The van der Waals surface area contributed by atoms with Gasteiger partial charge in [-0.3, -0.25) is 29.4 Å². The Kier molecular flexibility index (Phi) is 5.48. The van der Waals surface area contributed by atoms with Crippen LogP contribution in [0.5, 0.6) is 0 Å². The number of nitrogens with one attached hydrogen (secondary N) is 2. The number of nitrogens with two attached hydrogens (primary N) is 1. The van der Waals surface area contributed by atoms with Crippen molar-refractivity contribution in [2.75, 3.05) is 11.9 Å². The van der Waals surface area contributed by atoms with E-state index in [4.69, 9.17) is 5.73 Å². The van der Waals surface area contributed by atoms with Crippen LogP contribution >= 0.6 is 0 Å². The van der Waals surface area contributed by atoms with Crippen LogP contribution in [-0.4, -0.2) is 41.1 Å². The van der Waals surface area contributed by atoms with Gasteiger partial charge in [0.15, 0.2) is 0 Å². The topological polar surface area (TPSA) is 122 Å². The van der Waals surface area contributed by atoms with Crippen molar-refractivity contribution in [3.8, 4) is 0 Å². The molecular weight excluding hydrogens is 432 g/mol. The number of hydrogen-bond donors (Lipinski definition) is 3. The molecule has 2 fully saturated rings. The molecule has 0 radical (unpaired) electrons. The molecule has 8 nitrogen and oxygen atoms in total. The molecule has 4 N–H and O–H groups in total. The number of aryl methyl sites for hydroxylation is 1. The Balaban J connectivity index is 1.54. The highest BCUT2D eigenvalue weighted by atomic mass is 16.2. The van der Waals surface area contributed by atoms with E-state index in [1.54, 1.807) is 0 Å². The lowest BCUT2D eigenvalue weighted by atomic mass is 9.76. The second kappa shape index (κ2) is 8.36. The molecule has 2 aromatic rings. The Hall–Kier alpha value is -3.52. The number of fused-ring (bicyclic) bond motifs is 4. The second-order valence-electron chi connectivity index (χ2n) is 9.28. The summed E-state index contributed by atoms with van der Waals surface area (Å²) in [6.45, 7) is 2.25. The fraction of sp³-hybridized carbons (Fsp3) is 0.385. The van der Waals surface area contributed by atoms with E-state index < -0.39 is 29.3 Å². The second-order valence-corrected chi connectivity index (χ2v) is 9.28. The number of primary amides is 1. The lowest BCUT2D eigenvalue weighted by Crippen LogP contribution is -2.53. The maximum atomic E-state index is 13.8. The number of rotatable bonds is 7. The summed E-state index contributed by atoms with van der Waals surface area (Å²) in [6.07, 6.45) is 1.59. The number of carbonyl (C=O) groups excluding carboxylic acids is 4. The van der Waals surface area contributed by atoms with Gasteiger partial charge >= 0.3 is 0 Å². The highest BCUT2D eigenvalue weighted by molar-refractivity contribution is 6.15. The Bertz CT molecular complexity index is 1180. The lowest BCUT2D eigenvalue weighted by molar-refractivity contribution is -0.142. The molecule has 1 spiro atoms. The molecule has 3 aliphatic heterocycles. The normalized spacial score (nSPS) is 27.3. The lowest BCUT2D eigenvalue weighted by Gasteiger charge is -2.29. The van der Waals surface area contributed by atoms with Crippen LogP contribution in [0.1, 0.15) is 36.5 Å². The van der Waals surface area contributed by atoms with Gasteiger partial charge in [-0.15, -0.1) is 0 Å². The summed E-state index contributed by atoms with van der Waals surface area (Å²) in [6, 6.07) is 14.8. The molecule has 0 aliphatic carbocycles. The van der Waals surface area contributed by atoms with Crippen LogP contribution in [-0.2, 0) is 37.6 Å². The molecule has 0 saturated carbocycles. The van der Waals surface area contributed by atoms with Gasteiger partial charge in [-0.25, -0.2) is 0 Å². The summed E-state index contributed by atoms with van der Waals surface area (Å²) in [5.74, 6) is -3.05. The molecule has 8 heteroatoms. The minimum Gasteiger partial charge on any atom is -0.370 e. The minimum absolute atomic E-state index is 0.0614. The quantitative estimate of drug-likeness (QED) is 0.541. The van der Waals surface area contributed by atoms with Crippen molar-refractivity contribution < 1.29 is 19.2 Å². The summed E-state index contributed by atoms with van der Waals surface area (Å²) in [5.41, 5.74) is 7.44. The van der Waals surface area contributed by atoms with E-state index in [2.05, 4.69) is 10.6 Å². The zero-order chi connectivity index (χ0) is 24.0. The van der Waals surface area contributed by atoms with E-state index in [0.29, 0.717) is 17.7 Å². The number of para-hydroxylation sites is 1. The smallest absolute Gasteiger partial charge is 0.250 e. The van der Waals surface area contributed by atoms with E-state index >= 15 is 0 Å². The highest BCUT2D eigenvalue weighted by Gasteiger charge is 2.70. The third-order valence-electron chi connectivity index (χ3n) is 7.48. The van der Waals surface area contributed by atoms with Gasteiger partial charge < -0.3 is 11.1 Å². The van der Waals surface area contributed by atoms with Crippen molar-refractivity contribution in [2.45, 2.75) is 44.2 Å². The van der Waals surface area contributed by atoms with Gasteiger partial charge in [-0.05, 0) is 30.4 Å². The van der Waals surface area contributed by atoms with E-state index in [9.17, 15) is 19.2 Å². The summed E-state index contributed by atoms with van der Waals surface area (Å²) in [5, 5.41) is 6.33. The molecule has 4 atom stereocenters. The molecule has 0 aromatic heterocycles. The molecule has 2 saturated heterocycles. The molecule has 4 amide bonds. The van der Waals surface area contributed by atoms with Gasteiger partial charge in [-0.2, -0.15) is 0 Å². The predicted octanol–water partition coefficient (Wildman–Crippen LogP) is 1.48. The van der Waals surface area contributed by atoms with E-state index in [0.717, 1.165) is 17.5 Å². The van der Waals surface area contributed by atoms with Crippen LogP contribution in [0.25, 0.3) is 0 Å². The van der Waals surface area contributed by atoms with Crippen molar-refractivity contribution in [1.82, 2.24) is 10.2 Å². The number of likely N-dealkylation sites (tertiary alicyclic amines) is 1. The van der Waals surface area contributed by atoms with Gasteiger partial charge in [0, 0.05) is 30.3 Å². The Morgan fingerprint density at radius 1 is 1.06 bits per heavy atom. The molecule has 2 aromatic carbocycles. The number of nitrogens with zero attached hydrogens (tertiary/aromatic N) is 1. The highest BCUT2D eigenvalue weighted by Crippen LogP contribution is 2.54. The largest absolute Gasteiger partial charge is 0.370 e. The Labute approximate surface area is 197 Å². The number of benzene rings is 2. The van der Waals surface area contributed by atoms with Crippen molar-refractivity contribution in [3.05, 3.63) is 65.2 Å². The summed E-state index contributed by atoms with van der Waals surface area (Å²) < 4.78 is 0. The molecule has 34 heavy (non-hydrogen) atoms. The van der Waals surface area contributed by atoms with Gasteiger partial charge in [0.05, 0.1) is 11.8 Å². The zero-order valence-electron chi connectivity index (χ0n) is 19.0. The van der Waals surface area contributed by atoms with Crippen molar-refractivity contribution in [2.24, 2.45) is 17.6 Å². The predicted molar refractivity (Wildman–Crippen MR) is 125 cm³/mol. The Morgan fingerprint density at radius 3 is 2.53 bits per heavy atom. The van der Waals surface area contributed by atoms with Crippen LogP contribution in [0.3, 0.4) is 0 Å². The van der Waals surface area contributed by atoms with Crippen LogP contribution in [0, 0.1) is 11.8 Å². The minimum atomic E-state index is -1.35. The third-order valence-corrected chi connectivity index (χ3v) is 7.48. The SMILES string of the molecule is CCc1cccc2c1NC(=O)C21NC(CCC(N)=O)C2C(=O)N(CCc3ccccc3)C(=O)C21. The van der Waals surface area contributed by atoms with Gasteiger partial charge in [0.2, 0.25) is 23.6 Å². The average Bonchev–Trinajstić information content (AvgIpc) is 3.41. The first-order valence-corrected chi connectivity index (χ1v) is 11.8. The summed E-state index contributed by atoms with van der Waals surface area (Å²) >= 11 is 0.